The number of hydrogen-bond acceptors (Lipinski definition) is 3. The zero-order valence-electron chi connectivity index (χ0n) is 19.4. The summed E-state index contributed by atoms with van der Waals surface area (Å²) in [4.78, 5) is 9.31. The van der Waals surface area contributed by atoms with E-state index < -0.39 is 0 Å². The van der Waals surface area contributed by atoms with Gasteiger partial charge < -0.3 is 0 Å². The smallest absolute Gasteiger partial charge is 0.152 e. The number of aromatic nitrogens is 2. The number of thioether (sulfide) groups is 1. The molecule has 0 spiro atoms. The first-order chi connectivity index (χ1) is 13.4. The molecule has 28 heavy (non-hydrogen) atoms. The molecule has 0 saturated carbocycles. The first-order valence-electron chi connectivity index (χ1n) is 11.5. The molecular formula is C25H44N2S. The van der Waals surface area contributed by atoms with E-state index >= 15 is 0 Å². The van der Waals surface area contributed by atoms with Gasteiger partial charge in [-0.3, -0.25) is 0 Å². The van der Waals surface area contributed by atoms with E-state index in [0.717, 1.165) is 5.82 Å². The van der Waals surface area contributed by atoms with Crippen molar-refractivity contribution in [1.29, 1.82) is 0 Å². The van der Waals surface area contributed by atoms with Crippen LogP contribution in [0.25, 0.3) is 6.08 Å². The topological polar surface area (TPSA) is 25.8 Å². The van der Waals surface area contributed by atoms with Crippen LogP contribution in [0.4, 0.5) is 0 Å². The van der Waals surface area contributed by atoms with E-state index in [1.54, 1.807) is 0 Å². The van der Waals surface area contributed by atoms with Crippen LogP contribution in [-0.2, 0) is 5.41 Å². The van der Waals surface area contributed by atoms with Crippen molar-refractivity contribution in [3.8, 4) is 0 Å². The molecule has 1 rings (SSSR count). The van der Waals surface area contributed by atoms with Gasteiger partial charge in [0.15, 0.2) is 5.82 Å². The zero-order chi connectivity index (χ0) is 20.9. The van der Waals surface area contributed by atoms with Gasteiger partial charge in [-0.25, -0.2) is 9.97 Å². The predicted molar refractivity (Wildman–Crippen MR) is 128 cm³/mol. The summed E-state index contributed by atoms with van der Waals surface area (Å²) in [5, 5.41) is 2.20. The molecule has 1 heterocycles. The van der Waals surface area contributed by atoms with E-state index in [0.29, 0.717) is 5.41 Å². The molecule has 0 bridgehead atoms. The fourth-order valence-electron chi connectivity index (χ4n) is 3.46. The van der Waals surface area contributed by atoms with Crippen LogP contribution in [0, 0.1) is 5.41 Å². The van der Waals surface area contributed by atoms with Crippen molar-refractivity contribution in [2.75, 3.05) is 5.75 Å². The summed E-state index contributed by atoms with van der Waals surface area (Å²) in [5.41, 5.74) is 1.72. The summed E-state index contributed by atoms with van der Waals surface area (Å²) in [6.07, 6.45) is 17.0. The van der Waals surface area contributed by atoms with E-state index in [-0.39, 0.29) is 5.41 Å². The maximum absolute atomic E-state index is 4.85. The third-order valence-electron chi connectivity index (χ3n) is 6.01. The molecule has 0 amide bonds. The van der Waals surface area contributed by atoms with Crippen LogP contribution in [0.1, 0.15) is 117 Å². The summed E-state index contributed by atoms with van der Waals surface area (Å²) in [5.74, 6) is 2.02. The highest BCUT2D eigenvalue weighted by atomic mass is 32.2. The van der Waals surface area contributed by atoms with Crippen molar-refractivity contribution in [2.24, 2.45) is 5.41 Å². The lowest BCUT2D eigenvalue weighted by Crippen LogP contribution is -2.19. The molecule has 0 aliphatic rings. The number of hydrogen-bond donors (Lipinski definition) is 0. The monoisotopic (exact) mass is 404 g/mol. The van der Waals surface area contributed by atoms with Crippen LogP contribution >= 0.6 is 11.8 Å². The quantitative estimate of drug-likeness (QED) is 0.274. The lowest BCUT2D eigenvalue weighted by molar-refractivity contribution is 0.317. The lowest BCUT2D eigenvalue weighted by Gasteiger charge is -2.27. The molecule has 0 aliphatic carbocycles. The molecule has 2 nitrogen and oxygen atoms in total. The predicted octanol–water partition coefficient (Wildman–Crippen LogP) is 8.43. The van der Waals surface area contributed by atoms with Gasteiger partial charge in [0.2, 0.25) is 0 Å². The highest BCUT2D eigenvalue weighted by Gasteiger charge is 2.22. The van der Waals surface area contributed by atoms with Gasteiger partial charge in [0.05, 0.1) is 5.69 Å². The van der Waals surface area contributed by atoms with Crippen LogP contribution in [0.5, 0.6) is 0 Å². The normalized spacial score (nSPS) is 14.5. The number of rotatable bonds is 15. The largest absolute Gasteiger partial charge is 0.237 e. The van der Waals surface area contributed by atoms with E-state index in [1.807, 2.05) is 18.0 Å². The second kappa shape index (κ2) is 13.4. The van der Waals surface area contributed by atoms with Crippen LogP contribution < -0.4 is 0 Å². The van der Waals surface area contributed by atoms with E-state index in [9.17, 15) is 0 Å². The highest BCUT2D eigenvalue weighted by Crippen LogP contribution is 2.33. The molecule has 1 aromatic rings. The third kappa shape index (κ3) is 9.58. The van der Waals surface area contributed by atoms with Gasteiger partial charge in [-0.05, 0) is 42.2 Å². The highest BCUT2D eigenvalue weighted by molar-refractivity contribution is 8.02. The SMILES string of the molecule is CCCCCCC(C)(C)c1ccnc(/C=C/SCC(C)(CC)CCCCC)n1. The Hall–Kier alpha value is -0.830. The van der Waals surface area contributed by atoms with Crippen LogP contribution in [0.15, 0.2) is 17.7 Å². The minimum Gasteiger partial charge on any atom is -0.237 e. The summed E-state index contributed by atoms with van der Waals surface area (Å²) in [7, 11) is 0. The first kappa shape index (κ1) is 25.2. The fraction of sp³-hybridized carbons (Fsp3) is 0.760. The molecule has 0 aliphatic heterocycles. The molecular weight excluding hydrogens is 360 g/mol. The Morgan fingerprint density at radius 1 is 0.929 bits per heavy atom. The molecule has 0 radical (unpaired) electrons. The van der Waals surface area contributed by atoms with Gasteiger partial charge in [0.1, 0.15) is 0 Å². The van der Waals surface area contributed by atoms with Gasteiger partial charge in [0, 0.05) is 17.4 Å². The molecule has 1 unspecified atom stereocenters. The molecule has 3 heteroatoms. The maximum atomic E-state index is 4.85. The Morgan fingerprint density at radius 3 is 2.29 bits per heavy atom. The Bertz CT molecular complexity index is 567. The molecule has 1 atom stereocenters. The fourth-order valence-corrected chi connectivity index (χ4v) is 4.53. The van der Waals surface area contributed by atoms with Crippen molar-refractivity contribution < 1.29 is 0 Å². The van der Waals surface area contributed by atoms with Crippen molar-refractivity contribution in [2.45, 2.75) is 111 Å². The Balaban J connectivity index is 2.59. The van der Waals surface area contributed by atoms with Gasteiger partial charge in [-0.1, -0.05) is 86.5 Å². The number of unbranched alkanes of at least 4 members (excludes halogenated alkanes) is 5. The third-order valence-corrected chi connectivity index (χ3v) is 7.20. The van der Waals surface area contributed by atoms with Gasteiger partial charge >= 0.3 is 0 Å². The molecule has 160 valence electrons. The second-order valence-electron chi connectivity index (χ2n) is 9.23. The molecule has 0 aromatic carbocycles. The average Bonchev–Trinajstić information content (AvgIpc) is 2.69. The molecule has 1 aromatic heterocycles. The summed E-state index contributed by atoms with van der Waals surface area (Å²) >= 11 is 1.91. The van der Waals surface area contributed by atoms with Crippen molar-refractivity contribution >= 4 is 17.8 Å². The molecule has 0 saturated heterocycles. The van der Waals surface area contributed by atoms with Crippen LogP contribution in [0.3, 0.4) is 0 Å². The zero-order valence-corrected chi connectivity index (χ0v) is 20.2. The standard InChI is InChI=1S/C25H44N2S/c1-7-10-12-14-17-24(4,5)22-15-19-26-23(27-22)16-20-28-21-25(6,9-3)18-13-11-8-2/h15-16,19-20H,7-14,17-18,21H2,1-6H3/b20-16+. The van der Waals surface area contributed by atoms with E-state index in [1.165, 1.54) is 75.7 Å². The van der Waals surface area contributed by atoms with Gasteiger partial charge in [0.25, 0.3) is 0 Å². The summed E-state index contributed by atoms with van der Waals surface area (Å²) in [6.45, 7) is 13.9. The average molecular weight is 405 g/mol. The summed E-state index contributed by atoms with van der Waals surface area (Å²) < 4.78 is 0. The van der Waals surface area contributed by atoms with Gasteiger partial charge in [-0.2, -0.15) is 0 Å². The van der Waals surface area contributed by atoms with Crippen molar-refractivity contribution in [3.63, 3.8) is 0 Å². The molecule has 0 N–H and O–H groups in total. The van der Waals surface area contributed by atoms with Crippen LogP contribution in [-0.4, -0.2) is 15.7 Å². The van der Waals surface area contributed by atoms with Crippen molar-refractivity contribution in [3.05, 3.63) is 29.2 Å². The van der Waals surface area contributed by atoms with Gasteiger partial charge in [-0.15, -0.1) is 11.8 Å². The van der Waals surface area contributed by atoms with E-state index in [4.69, 9.17) is 4.98 Å². The Kier molecular flexibility index (Phi) is 12.1. The Labute approximate surface area is 179 Å². The number of nitrogens with zero attached hydrogens (tertiary/aromatic N) is 2. The minimum atomic E-state index is 0.118. The minimum absolute atomic E-state index is 0.118. The van der Waals surface area contributed by atoms with E-state index in [2.05, 4.69) is 64.1 Å². The van der Waals surface area contributed by atoms with Crippen LogP contribution in [0.2, 0.25) is 0 Å². The van der Waals surface area contributed by atoms with Crippen molar-refractivity contribution in [1.82, 2.24) is 9.97 Å². The first-order valence-corrected chi connectivity index (χ1v) is 12.5. The molecule has 0 fully saturated rings. The second-order valence-corrected chi connectivity index (χ2v) is 10.1. The summed E-state index contributed by atoms with van der Waals surface area (Å²) in [6, 6.07) is 2.09. The lowest BCUT2D eigenvalue weighted by atomic mass is 9.83. The maximum Gasteiger partial charge on any atom is 0.152 e. The Morgan fingerprint density at radius 2 is 1.61 bits per heavy atom.